The summed E-state index contributed by atoms with van der Waals surface area (Å²) >= 11 is 0. The van der Waals surface area contributed by atoms with Crippen molar-refractivity contribution in [1.82, 2.24) is 15.0 Å². The van der Waals surface area contributed by atoms with E-state index in [0.29, 0.717) is 18.1 Å². The van der Waals surface area contributed by atoms with Gasteiger partial charge in [0.25, 0.3) is 0 Å². The van der Waals surface area contributed by atoms with Crippen LogP contribution in [0.5, 0.6) is 0 Å². The van der Waals surface area contributed by atoms with Crippen molar-refractivity contribution in [3.05, 3.63) is 36.3 Å². The molecule has 0 amide bonds. The van der Waals surface area contributed by atoms with E-state index in [4.69, 9.17) is 0 Å². The van der Waals surface area contributed by atoms with Crippen LogP contribution in [0.3, 0.4) is 0 Å². The second kappa shape index (κ2) is 7.91. The molecule has 0 spiro atoms. The topological polar surface area (TPSA) is 88.0 Å². The minimum Gasteiger partial charge on any atom is -0.480 e. The fourth-order valence-electron chi connectivity index (χ4n) is 2.14. The highest BCUT2D eigenvalue weighted by Gasteiger charge is 2.34. The molecule has 9 heteroatoms. The van der Waals surface area contributed by atoms with E-state index in [2.05, 4.69) is 20.3 Å². The molecular formula is C16H17F3N4O2. The Kier molecular flexibility index (Phi) is 5.89. The molecule has 2 aromatic heterocycles. The number of anilines is 1. The number of carbonyl (C=O) groups is 1. The Labute approximate surface area is 142 Å². The molecule has 2 N–H and O–H groups in total. The molecule has 2 rings (SSSR count). The van der Waals surface area contributed by atoms with Gasteiger partial charge in [-0.1, -0.05) is 19.8 Å². The first kappa shape index (κ1) is 18.6. The summed E-state index contributed by atoms with van der Waals surface area (Å²) in [5, 5.41) is 11.8. The Balaban J connectivity index is 2.41. The Hall–Kier alpha value is -2.71. The smallest absolute Gasteiger partial charge is 0.433 e. The maximum absolute atomic E-state index is 13.1. The van der Waals surface area contributed by atoms with E-state index in [9.17, 15) is 23.1 Å². The normalized spacial score (nSPS) is 12.6. The van der Waals surface area contributed by atoms with Crippen LogP contribution in [0, 0.1) is 0 Å². The lowest BCUT2D eigenvalue weighted by Crippen LogP contribution is -2.30. The Morgan fingerprint density at radius 2 is 1.96 bits per heavy atom. The van der Waals surface area contributed by atoms with Crippen molar-refractivity contribution in [3.8, 4) is 11.4 Å². The second-order valence-corrected chi connectivity index (χ2v) is 5.37. The van der Waals surface area contributed by atoms with Crippen LogP contribution in [0.4, 0.5) is 19.0 Å². The monoisotopic (exact) mass is 354 g/mol. The molecule has 6 nitrogen and oxygen atoms in total. The van der Waals surface area contributed by atoms with Crippen LogP contribution < -0.4 is 5.32 Å². The number of hydrogen-bond donors (Lipinski definition) is 2. The van der Waals surface area contributed by atoms with Crippen LogP contribution in [0.15, 0.2) is 30.6 Å². The van der Waals surface area contributed by atoms with E-state index in [-0.39, 0.29) is 18.1 Å². The Bertz CT molecular complexity index is 723. The van der Waals surface area contributed by atoms with Gasteiger partial charge in [-0.3, -0.25) is 4.98 Å². The summed E-state index contributed by atoms with van der Waals surface area (Å²) < 4.78 is 39.3. The predicted octanol–water partition coefficient (Wildman–Crippen LogP) is 3.61. The van der Waals surface area contributed by atoms with Crippen molar-refractivity contribution in [1.29, 1.82) is 0 Å². The number of aromatic nitrogens is 3. The summed E-state index contributed by atoms with van der Waals surface area (Å²) in [5.74, 6) is -1.48. The number of nitrogens with one attached hydrogen (secondary N) is 1. The van der Waals surface area contributed by atoms with Crippen LogP contribution in [0.1, 0.15) is 31.9 Å². The van der Waals surface area contributed by atoms with Crippen LogP contribution in [0.25, 0.3) is 11.4 Å². The third-order valence-electron chi connectivity index (χ3n) is 3.42. The van der Waals surface area contributed by atoms with Gasteiger partial charge in [0, 0.05) is 24.0 Å². The van der Waals surface area contributed by atoms with Crippen molar-refractivity contribution in [2.75, 3.05) is 5.32 Å². The van der Waals surface area contributed by atoms with E-state index in [1.807, 2.05) is 6.92 Å². The highest BCUT2D eigenvalue weighted by molar-refractivity contribution is 5.77. The van der Waals surface area contributed by atoms with Gasteiger partial charge < -0.3 is 10.4 Å². The second-order valence-electron chi connectivity index (χ2n) is 5.37. The zero-order chi connectivity index (χ0) is 18.4. The van der Waals surface area contributed by atoms with Crippen molar-refractivity contribution in [2.24, 2.45) is 0 Å². The van der Waals surface area contributed by atoms with Crippen LogP contribution in [-0.2, 0) is 11.0 Å². The molecular weight excluding hydrogens is 337 g/mol. The molecule has 2 heterocycles. The summed E-state index contributed by atoms with van der Waals surface area (Å²) in [6.45, 7) is 1.90. The maximum Gasteiger partial charge on any atom is 0.433 e. The van der Waals surface area contributed by atoms with Crippen LogP contribution in [0.2, 0.25) is 0 Å². The van der Waals surface area contributed by atoms with Crippen LogP contribution >= 0.6 is 0 Å². The molecule has 134 valence electrons. The van der Waals surface area contributed by atoms with E-state index in [0.717, 1.165) is 6.42 Å². The Morgan fingerprint density at radius 3 is 2.52 bits per heavy atom. The highest BCUT2D eigenvalue weighted by Crippen LogP contribution is 2.31. The first-order valence-electron chi connectivity index (χ1n) is 7.67. The molecule has 0 aliphatic heterocycles. The number of hydrogen-bond acceptors (Lipinski definition) is 5. The zero-order valence-electron chi connectivity index (χ0n) is 13.4. The molecule has 0 aliphatic rings. The molecule has 0 aliphatic carbocycles. The third-order valence-corrected chi connectivity index (χ3v) is 3.42. The van der Waals surface area contributed by atoms with E-state index >= 15 is 0 Å². The number of rotatable bonds is 7. The zero-order valence-corrected chi connectivity index (χ0v) is 13.4. The average Bonchev–Trinajstić information content (AvgIpc) is 2.58. The number of unbranched alkanes of at least 4 members (excludes halogenated alkanes) is 1. The van der Waals surface area contributed by atoms with Crippen LogP contribution in [-0.4, -0.2) is 32.1 Å². The lowest BCUT2D eigenvalue weighted by molar-refractivity contribution is -0.141. The lowest BCUT2D eigenvalue weighted by Gasteiger charge is -2.16. The average molecular weight is 354 g/mol. The number of aliphatic carboxylic acids is 1. The molecule has 0 fully saturated rings. The molecule has 0 unspecified atom stereocenters. The fraction of sp³-hybridized carbons (Fsp3) is 0.375. The van der Waals surface area contributed by atoms with Crippen molar-refractivity contribution >= 4 is 11.8 Å². The fourth-order valence-corrected chi connectivity index (χ4v) is 2.14. The van der Waals surface area contributed by atoms with Gasteiger partial charge in [-0.2, -0.15) is 13.2 Å². The highest BCUT2D eigenvalue weighted by atomic mass is 19.4. The summed E-state index contributed by atoms with van der Waals surface area (Å²) in [7, 11) is 0. The first-order valence-corrected chi connectivity index (χ1v) is 7.67. The predicted molar refractivity (Wildman–Crippen MR) is 84.8 cm³/mol. The van der Waals surface area contributed by atoms with Crippen molar-refractivity contribution in [3.63, 3.8) is 0 Å². The van der Waals surface area contributed by atoms with Gasteiger partial charge in [-0.15, -0.1) is 0 Å². The summed E-state index contributed by atoms with van der Waals surface area (Å²) in [4.78, 5) is 22.7. The van der Waals surface area contributed by atoms with E-state index < -0.39 is 23.9 Å². The van der Waals surface area contributed by atoms with E-state index in [1.54, 1.807) is 0 Å². The van der Waals surface area contributed by atoms with Crippen molar-refractivity contribution in [2.45, 2.75) is 38.4 Å². The number of alkyl halides is 3. The molecule has 0 saturated carbocycles. The van der Waals surface area contributed by atoms with Gasteiger partial charge >= 0.3 is 12.1 Å². The Morgan fingerprint density at radius 1 is 1.28 bits per heavy atom. The minimum atomic E-state index is -4.68. The summed E-state index contributed by atoms with van der Waals surface area (Å²) in [5.41, 5.74) is -0.791. The molecule has 2 aromatic rings. The molecule has 1 atom stereocenters. The van der Waals surface area contributed by atoms with Gasteiger partial charge in [0.1, 0.15) is 11.9 Å². The first-order chi connectivity index (χ1) is 11.8. The quantitative estimate of drug-likeness (QED) is 0.790. The van der Waals surface area contributed by atoms with Gasteiger partial charge in [0.2, 0.25) is 0 Å². The van der Waals surface area contributed by atoms with Gasteiger partial charge in [-0.05, 0) is 18.6 Å². The largest absolute Gasteiger partial charge is 0.480 e. The minimum absolute atomic E-state index is 0.153. The maximum atomic E-state index is 13.1. The van der Waals surface area contributed by atoms with E-state index in [1.165, 1.54) is 24.5 Å². The lowest BCUT2D eigenvalue weighted by atomic mass is 10.1. The molecule has 0 bridgehead atoms. The van der Waals surface area contributed by atoms with Crippen molar-refractivity contribution < 1.29 is 23.1 Å². The summed E-state index contributed by atoms with van der Waals surface area (Å²) in [6.07, 6.45) is -0.185. The number of halogens is 3. The summed E-state index contributed by atoms with van der Waals surface area (Å²) in [6, 6.07) is 2.64. The number of pyridine rings is 1. The SMILES string of the molecule is CCCC[C@H](Nc1cc(C(F)(F)F)nc(-c2ccncc2)n1)C(=O)O. The van der Waals surface area contributed by atoms with Gasteiger partial charge in [0.15, 0.2) is 11.5 Å². The number of carboxylic acid groups (broad SMARTS) is 1. The standard InChI is InChI=1S/C16H17F3N4O2/c1-2-3-4-11(15(24)25)21-13-9-12(16(17,18)19)22-14(23-13)10-5-7-20-8-6-10/h5-9,11H,2-4H2,1H3,(H,24,25)(H,21,22,23)/t11-/m0/s1. The van der Waals surface area contributed by atoms with Gasteiger partial charge in [0.05, 0.1) is 0 Å². The number of carboxylic acids is 1. The molecule has 0 aromatic carbocycles. The third kappa shape index (κ3) is 5.13. The molecule has 0 radical (unpaired) electrons. The number of nitrogens with zero attached hydrogens (tertiary/aromatic N) is 3. The molecule has 25 heavy (non-hydrogen) atoms. The molecule has 0 saturated heterocycles. The van der Waals surface area contributed by atoms with Gasteiger partial charge in [-0.25, -0.2) is 14.8 Å².